The van der Waals surface area contributed by atoms with Gasteiger partial charge in [-0.2, -0.15) is 5.26 Å². The minimum atomic E-state index is -0.416. The van der Waals surface area contributed by atoms with Crippen LogP contribution >= 0.6 is 11.9 Å². The van der Waals surface area contributed by atoms with Crippen LogP contribution in [0.5, 0.6) is 0 Å². The molecule has 0 unspecified atom stereocenters. The van der Waals surface area contributed by atoms with Gasteiger partial charge in [-0.15, -0.1) is 0 Å². The van der Waals surface area contributed by atoms with E-state index in [1.54, 1.807) is 12.3 Å². The lowest BCUT2D eigenvalue weighted by atomic mass is 10.1. The first kappa shape index (κ1) is 12.7. The summed E-state index contributed by atoms with van der Waals surface area (Å²) in [5, 5.41) is 8.67. The average molecular weight is 236 g/mol. The highest BCUT2D eigenvalue weighted by atomic mass is 32.2. The second-order valence-corrected chi connectivity index (χ2v) is 5.94. The van der Waals surface area contributed by atoms with Crippen LogP contribution in [-0.4, -0.2) is 11.0 Å². The van der Waals surface area contributed by atoms with Crippen molar-refractivity contribution in [3.8, 4) is 6.07 Å². The highest BCUT2D eigenvalue weighted by Crippen LogP contribution is 2.23. The molecule has 1 aromatic rings. The second kappa shape index (κ2) is 5.13. The zero-order valence-corrected chi connectivity index (χ0v) is 10.3. The van der Waals surface area contributed by atoms with Gasteiger partial charge in [0, 0.05) is 11.0 Å². The Kier molecular flexibility index (Phi) is 4.08. The molecule has 0 saturated carbocycles. The van der Waals surface area contributed by atoms with E-state index >= 15 is 0 Å². The number of nitriles is 1. The van der Waals surface area contributed by atoms with Gasteiger partial charge in [0.25, 0.3) is 0 Å². The van der Waals surface area contributed by atoms with Crippen molar-refractivity contribution in [3.63, 3.8) is 0 Å². The molecule has 4 heteroatoms. The predicted octanol–water partition coefficient (Wildman–Crippen LogP) is 3.56. The van der Waals surface area contributed by atoms with E-state index in [4.69, 9.17) is 5.26 Å². The van der Waals surface area contributed by atoms with E-state index in [1.807, 2.05) is 26.8 Å². The van der Waals surface area contributed by atoms with Gasteiger partial charge >= 0.3 is 0 Å². The van der Waals surface area contributed by atoms with Crippen molar-refractivity contribution in [1.82, 2.24) is 0 Å². The van der Waals surface area contributed by atoms with Crippen molar-refractivity contribution in [2.75, 3.05) is 0 Å². The van der Waals surface area contributed by atoms with Crippen molar-refractivity contribution >= 4 is 18.2 Å². The first-order chi connectivity index (χ1) is 7.40. The molecular weight excluding hydrogens is 223 g/mol. The molecule has 0 radical (unpaired) electrons. The molecule has 1 rings (SSSR count). The average Bonchev–Trinajstić information content (AvgIpc) is 2.14. The molecule has 84 valence electrons. The summed E-state index contributed by atoms with van der Waals surface area (Å²) in [7, 11) is 0. The smallest absolute Gasteiger partial charge is 0.125 e. The maximum Gasteiger partial charge on any atom is 0.125 e. The van der Waals surface area contributed by atoms with E-state index < -0.39 is 5.82 Å². The second-order valence-electron chi connectivity index (χ2n) is 4.32. The van der Waals surface area contributed by atoms with E-state index in [1.165, 1.54) is 24.1 Å². The summed E-state index contributed by atoms with van der Waals surface area (Å²) in [6, 6.07) is 6.07. The van der Waals surface area contributed by atoms with Crippen LogP contribution in [0.15, 0.2) is 22.6 Å². The molecule has 0 atom stereocenters. The Morgan fingerprint density at radius 2 is 2.06 bits per heavy atom. The van der Waals surface area contributed by atoms with Crippen LogP contribution in [0.2, 0.25) is 0 Å². The lowest BCUT2D eigenvalue weighted by Gasteiger charge is -2.12. The van der Waals surface area contributed by atoms with E-state index in [9.17, 15) is 4.39 Å². The third-order valence-electron chi connectivity index (χ3n) is 1.58. The van der Waals surface area contributed by atoms with Gasteiger partial charge in [-0.25, -0.2) is 8.79 Å². The summed E-state index contributed by atoms with van der Waals surface area (Å²) in [6.07, 6.45) is 1.57. The summed E-state index contributed by atoms with van der Waals surface area (Å²) in [5.74, 6) is -0.416. The standard InChI is InChI=1S/C12H13FN2S/c1-12(2,3)16-15-8-10-4-9(7-14)5-11(13)6-10/h4-6,8H,1-3H3. The maximum absolute atomic E-state index is 13.1. The quantitative estimate of drug-likeness (QED) is 0.581. The summed E-state index contributed by atoms with van der Waals surface area (Å²) < 4.78 is 17.2. The number of nitrogens with zero attached hydrogens (tertiary/aromatic N) is 2. The van der Waals surface area contributed by atoms with Gasteiger partial charge < -0.3 is 0 Å². The monoisotopic (exact) mass is 236 g/mol. The van der Waals surface area contributed by atoms with Gasteiger partial charge in [0.15, 0.2) is 0 Å². The number of hydrogen-bond donors (Lipinski definition) is 0. The Balaban J connectivity index is 2.82. The maximum atomic E-state index is 13.1. The lowest BCUT2D eigenvalue weighted by molar-refractivity contribution is 0.627. The Bertz CT molecular complexity index is 441. The molecule has 16 heavy (non-hydrogen) atoms. The normalized spacial score (nSPS) is 11.7. The number of halogens is 1. The van der Waals surface area contributed by atoms with Crippen molar-refractivity contribution in [1.29, 1.82) is 5.26 Å². The molecule has 1 aromatic carbocycles. The minimum Gasteiger partial charge on any atom is -0.223 e. The first-order valence-electron chi connectivity index (χ1n) is 4.83. The van der Waals surface area contributed by atoms with E-state index in [0.29, 0.717) is 11.1 Å². The van der Waals surface area contributed by atoms with Gasteiger partial charge in [-0.1, -0.05) is 0 Å². The van der Waals surface area contributed by atoms with Gasteiger partial charge in [0.2, 0.25) is 0 Å². The number of rotatable bonds is 2. The minimum absolute atomic E-state index is 0.0296. The third kappa shape index (κ3) is 4.45. The van der Waals surface area contributed by atoms with Crippen molar-refractivity contribution in [3.05, 3.63) is 35.1 Å². The Labute approximate surface area is 99.3 Å². The molecule has 0 saturated heterocycles. The number of hydrogen-bond acceptors (Lipinski definition) is 3. The van der Waals surface area contributed by atoms with Crippen LogP contribution in [0.25, 0.3) is 0 Å². The first-order valence-corrected chi connectivity index (χ1v) is 5.60. The van der Waals surface area contributed by atoms with Crippen LogP contribution in [0.4, 0.5) is 4.39 Å². The topological polar surface area (TPSA) is 36.1 Å². The Morgan fingerprint density at radius 3 is 2.62 bits per heavy atom. The molecule has 0 aliphatic rings. The molecule has 0 aliphatic heterocycles. The van der Waals surface area contributed by atoms with Crippen LogP contribution in [0.1, 0.15) is 31.9 Å². The highest BCUT2D eigenvalue weighted by Gasteiger charge is 2.09. The highest BCUT2D eigenvalue weighted by molar-refractivity contribution is 7.99. The van der Waals surface area contributed by atoms with Crippen LogP contribution in [0.3, 0.4) is 0 Å². The molecule has 0 N–H and O–H groups in total. The van der Waals surface area contributed by atoms with E-state index in [2.05, 4.69) is 4.40 Å². The Morgan fingerprint density at radius 1 is 1.38 bits per heavy atom. The lowest BCUT2D eigenvalue weighted by Crippen LogP contribution is -2.05. The van der Waals surface area contributed by atoms with Gasteiger partial charge in [0.05, 0.1) is 11.6 Å². The fraction of sp³-hybridized carbons (Fsp3) is 0.333. The number of benzene rings is 1. The molecule has 0 amide bonds. The van der Waals surface area contributed by atoms with Crippen molar-refractivity contribution in [2.24, 2.45) is 4.40 Å². The SMILES string of the molecule is CC(C)(C)SN=Cc1cc(F)cc(C#N)c1. The van der Waals surface area contributed by atoms with Crippen molar-refractivity contribution < 1.29 is 4.39 Å². The molecule has 2 nitrogen and oxygen atoms in total. The molecule has 0 spiro atoms. The van der Waals surface area contributed by atoms with Crippen LogP contribution in [0, 0.1) is 17.1 Å². The van der Waals surface area contributed by atoms with Gasteiger partial charge in [0.1, 0.15) is 5.82 Å². The zero-order chi connectivity index (χ0) is 12.2. The largest absolute Gasteiger partial charge is 0.223 e. The van der Waals surface area contributed by atoms with Crippen LogP contribution < -0.4 is 0 Å². The summed E-state index contributed by atoms with van der Waals surface area (Å²) in [6.45, 7) is 6.13. The van der Waals surface area contributed by atoms with Crippen molar-refractivity contribution in [2.45, 2.75) is 25.5 Å². The van der Waals surface area contributed by atoms with Crippen LogP contribution in [-0.2, 0) is 0 Å². The fourth-order valence-corrected chi connectivity index (χ4v) is 1.49. The zero-order valence-electron chi connectivity index (χ0n) is 9.49. The molecule has 0 fully saturated rings. The van der Waals surface area contributed by atoms with Gasteiger partial charge in [-0.05, 0) is 56.5 Å². The fourth-order valence-electron chi connectivity index (χ4n) is 0.997. The molecule has 0 aliphatic carbocycles. The molecule has 0 aromatic heterocycles. The molecule has 0 bridgehead atoms. The molecular formula is C12H13FN2S. The van der Waals surface area contributed by atoms with E-state index in [-0.39, 0.29) is 4.75 Å². The third-order valence-corrected chi connectivity index (χ3v) is 2.34. The summed E-state index contributed by atoms with van der Waals surface area (Å²) >= 11 is 1.41. The summed E-state index contributed by atoms with van der Waals surface area (Å²) in [5.41, 5.74) is 0.913. The van der Waals surface area contributed by atoms with E-state index in [0.717, 1.165) is 0 Å². The predicted molar refractivity (Wildman–Crippen MR) is 66.1 cm³/mol. The summed E-state index contributed by atoms with van der Waals surface area (Å²) in [4.78, 5) is 0. The van der Waals surface area contributed by atoms with Gasteiger partial charge in [-0.3, -0.25) is 0 Å². The molecule has 0 heterocycles. The Hall–Kier alpha value is -1.34.